The van der Waals surface area contributed by atoms with Gasteiger partial charge in [-0.1, -0.05) is 31.2 Å². The van der Waals surface area contributed by atoms with Gasteiger partial charge < -0.3 is 14.0 Å². The van der Waals surface area contributed by atoms with Gasteiger partial charge in [0.05, 0.1) is 25.2 Å². The van der Waals surface area contributed by atoms with E-state index in [1.165, 1.54) is 19.2 Å². The van der Waals surface area contributed by atoms with E-state index in [1.54, 1.807) is 30.7 Å². The van der Waals surface area contributed by atoms with Gasteiger partial charge in [0.15, 0.2) is 0 Å². The van der Waals surface area contributed by atoms with Crippen LogP contribution in [0.25, 0.3) is 16.0 Å². The van der Waals surface area contributed by atoms with Gasteiger partial charge >= 0.3 is 5.97 Å². The van der Waals surface area contributed by atoms with E-state index >= 15 is 0 Å². The molecule has 0 aliphatic rings. The summed E-state index contributed by atoms with van der Waals surface area (Å²) in [6.45, 7) is 11.9. The zero-order valence-corrected chi connectivity index (χ0v) is 21.1. The number of nitrogens with one attached hydrogen (secondary N) is 1. The lowest BCUT2D eigenvalue weighted by Crippen LogP contribution is -2.25. The van der Waals surface area contributed by atoms with Crippen LogP contribution in [-0.4, -0.2) is 39.2 Å². The molecular formula is C26H29N3O5S. The number of nitrogens with zero attached hydrogens (tertiary/aromatic N) is 2. The van der Waals surface area contributed by atoms with Gasteiger partial charge in [-0.15, -0.1) is 0 Å². The van der Waals surface area contributed by atoms with Gasteiger partial charge in [-0.3, -0.25) is 0 Å². The van der Waals surface area contributed by atoms with Crippen LogP contribution in [0.3, 0.4) is 0 Å². The first-order valence-electron chi connectivity index (χ1n) is 11.3. The van der Waals surface area contributed by atoms with E-state index in [9.17, 15) is 13.2 Å². The third-order valence-electron chi connectivity index (χ3n) is 5.72. The minimum absolute atomic E-state index is 0.169. The molecule has 0 spiro atoms. The lowest BCUT2D eigenvalue weighted by Gasteiger charge is -2.10. The van der Waals surface area contributed by atoms with Crippen LogP contribution in [0.4, 0.5) is 5.69 Å². The molecule has 0 atom stereocenters. The van der Waals surface area contributed by atoms with Crippen molar-refractivity contribution in [3.63, 3.8) is 0 Å². The second-order valence-corrected chi connectivity index (χ2v) is 9.55. The van der Waals surface area contributed by atoms with Crippen LogP contribution in [0.5, 0.6) is 5.75 Å². The highest BCUT2D eigenvalue weighted by atomic mass is 32.2. The van der Waals surface area contributed by atoms with Gasteiger partial charge in [0.1, 0.15) is 11.4 Å². The average Bonchev–Trinajstić information content (AvgIpc) is 3.15. The summed E-state index contributed by atoms with van der Waals surface area (Å²) in [5.74, 6) is 0.118. The molecule has 0 saturated carbocycles. The molecule has 0 amide bonds. The lowest BCUT2D eigenvalue weighted by molar-refractivity contribution is 0.0516. The molecule has 3 aromatic rings. The second kappa shape index (κ2) is 11.2. The molecule has 0 fully saturated rings. The van der Waals surface area contributed by atoms with E-state index in [2.05, 4.69) is 9.57 Å². The summed E-state index contributed by atoms with van der Waals surface area (Å²) < 4.78 is 39.7. The zero-order valence-electron chi connectivity index (χ0n) is 20.3. The summed E-state index contributed by atoms with van der Waals surface area (Å²) in [5, 5.41) is 0. The fourth-order valence-electron chi connectivity index (χ4n) is 3.96. The highest BCUT2D eigenvalue weighted by Gasteiger charge is 2.26. The molecule has 1 N–H and O–H groups in total. The van der Waals surface area contributed by atoms with Crippen LogP contribution in [0.1, 0.15) is 35.6 Å². The van der Waals surface area contributed by atoms with Crippen LogP contribution >= 0.6 is 0 Å². The molecule has 184 valence electrons. The van der Waals surface area contributed by atoms with Gasteiger partial charge in [0, 0.05) is 24.8 Å². The third kappa shape index (κ3) is 5.56. The Labute approximate surface area is 206 Å². The van der Waals surface area contributed by atoms with Crippen LogP contribution in [-0.2, 0) is 34.6 Å². The number of esters is 1. The standard InChI is InChI=1S/C26H29N3O5S/c1-6-22-24(27-3)23(25(29(22)4)26(30)34-7-2)19-10-8-18(9-11-19)16-17-28-35(31,32)21-14-12-20(33-5)13-15-21/h8-15,28H,6-7,16-17H2,1-2,4-5H3. The molecule has 0 saturated heterocycles. The molecule has 1 aromatic heterocycles. The maximum absolute atomic E-state index is 12.7. The first-order valence-corrected chi connectivity index (χ1v) is 12.7. The molecule has 3 rings (SSSR count). The van der Waals surface area contributed by atoms with Crippen molar-refractivity contribution >= 4 is 21.7 Å². The van der Waals surface area contributed by atoms with E-state index in [1.807, 2.05) is 31.2 Å². The maximum Gasteiger partial charge on any atom is 0.354 e. The van der Waals surface area contributed by atoms with Crippen molar-refractivity contribution in [3.05, 3.63) is 76.9 Å². The van der Waals surface area contributed by atoms with Crippen LogP contribution in [0.2, 0.25) is 0 Å². The topological polar surface area (TPSA) is 91.0 Å². The van der Waals surface area contributed by atoms with E-state index in [4.69, 9.17) is 16.0 Å². The van der Waals surface area contributed by atoms with Crippen molar-refractivity contribution < 1.29 is 22.7 Å². The van der Waals surface area contributed by atoms with Gasteiger partial charge in [-0.05, 0) is 55.2 Å². The van der Waals surface area contributed by atoms with Crippen LogP contribution in [0, 0.1) is 6.57 Å². The first kappa shape index (κ1) is 26.0. The smallest absolute Gasteiger partial charge is 0.354 e. The van der Waals surface area contributed by atoms with E-state index < -0.39 is 16.0 Å². The predicted molar refractivity (Wildman–Crippen MR) is 134 cm³/mol. The monoisotopic (exact) mass is 495 g/mol. The Morgan fingerprint density at radius 1 is 1.09 bits per heavy atom. The molecule has 8 nitrogen and oxygen atoms in total. The molecule has 0 unspecified atom stereocenters. The molecule has 35 heavy (non-hydrogen) atoms. The number of carbonyl (C=O) groups excluding carboxylic acids is 1. The number of ether oxygens (including phenoxy) is 2. The summed E-state index contributed by atoms with van der Waals surface area (Å²) in [6, 6.07) is 13.6. The van der Waals surface area contributed by atoms with Gasteiger partial charge in [-0.2, -0.15) is 0 Å². The van der Waals surface area contributed by atoms with Gasteiger partial charge in [0.25, 0.3) is 0 Å². The Kier molecular flexibility index (Phi) is 8.33. The van der Waals surface area contributed by atoms with Crippen molar-refractivity contribution in [1.82, 2.24) is 9.29 Å². The summed E-state index contributed by atoms with van der Waals surface area (Å²) in [4.78, 5) is 16.6. The number of hydrogen-bond donors (Lipinski definition) is 1. The summed E-state index contributed by atoms with van der Waals surface area (Å²) in [5.41, 5.74) is 3.78. The van der Waals surface area contributed by atoms with Crippen molar-refractivity contribution in [2.24, 2.45) is 7.05 Å². The summed E-state index contributed by atoms with van der Waals surface area (Å²) in [7, 11) is -0.342. The van der Waals surface area contributed by atoms with E-state index in [-0.39, 0.29) is 18.0 Å². The number of carbonyl (C=O) groups is 1. The maximum atomic E-state index is 12.7. The Morgan fingerprint density at radius 3 is 2.29 bits per heavy atom. The lowest BCUT2D eigenvalue weighted by atomic mass is 10.0. The number of methoxy groups -OCH3 is 1. The molecule has 1 heterocycles. The number of sulfonamides is 1. The highest BCUT2D eigenvalue weighted by molar-refractivity contribution is 7.89. The van der Waals surface area contributed by atoms with Crippen molar-refractivity contribution in [2.75, 3.05) is 20.3 Å². The Hall–Kier alpha value is -3.61. The minimum atomic E-state index is -3.63. The van der Waals surface area contributed by atoms with E-state index in [0.29, 0.717) is 35.5 Å². The molecular weight excluding hydrogens is 466 g/mol. The quantitative estimate of drug-likeness (QED) is 0.330. The predicted octanol–water partition coefficient (Wildman–Crippen LogP) is 4.51. The Balaban J connectivity index is 1.79. The SMILES string of the molecule is [C-]#[N+]c1c(-c2ccc(CCNS(=O)(=O)c3ccc(OC)cc3)cc2)c(C(=O)OCC)n(C)c1CC. The number of benzene rings is 2. The number of hydrogen-bond acceptors (Lipinski definition) is 5. The summed E-state index contributed by atoms with van der Waals surface area (Å²) >= 11 is 0. The fourth-order valence-corrected chi connectivity index (χ4v) is 4.99. The second-order valence-electron chi connectivity index (χ2n) is 7.78. The minimum Gasteiger partial charge on any atom is -0.497 e. The Morgan fingerprint density at radius 2 is 1.74 bits per heavy atom. The van der Waals surface area contributed by atoms with Crippen molar-refractivity contribution in [2.45, 2.75) is 31.6 Å². The molecule has 0 bridgehead atoms. The van der Waals surface area contributed by atoms with Crippen molar-refractivity contribution in [1.29, 1.82) is 0 Å². The molecule has 0 aliphatic carbocycles. The van der Waals surface area contributed by atoms with Gasteiger partial charge in [0.2, 0.25) is 15.7 Å². The summed E-state index contributed by atoms with van der Waals surface area (Å²) in [6.07, 6.45) is 1.08. The third-order valence-corrected chi connectivity index (χ3v) is 7.20. The first-order chi connectivity index (χ1) is 16.8. The normalized spacial score (nSPS) is 11.2. The average molecular weight is 496 g/mol. The Bertz CT molecular complexity index is 1340. The largest absolute Gasteiger partial charge is 0.497 e. The van der Waals surface area contributed by atoms with Crippen LogP contribution < -0.4 is 9.46 Å². The molecule has 0 aliphatic heterocycles. The van der Waals surface area contributed by atoms with Crippen molar-refractivity contribution in [3.8, 4) is 16.9 Å². The van der Waals surface area contributed by atoms with Gasteiger partial charge in [-0.25, -0.2) is 22.8 Å². The highest BCUT2D eigenvalue weighted by Crippen LogP contribution is 2.39. The zero-order chi connectivity index (χ0) is 25.6. The van der Waals surface area contributed by atoms with Crippen LogP contribution in [0.15, 0.2) is 53.4 Å². The molecule has 0 radical (unpaired) electrons. The number of rotatable bonds is 10. The fraction of sp³-hybridized carbons (Fsp3) is 0.308. The molecule has 2 aromatic carbocycles. The van der Waals surface area contributed by atoms with E-state index in [0.717, 1.165) is 16.8 Å². The number of aromatic nitrogens is 1. The molecule has 9 heteroatoms.